The van der Waals surface area contributed by atoms with Crippen LogP contribution in [0.1, 0.15) is 72.1 Å². The molecule has 0 aromatic rings. The van der Waals surface area contributed by atoms with E-state index in [9.17, 15) is 4.79 Å². The average molecular weight is 345 g/mol. The van der Waals surface area contributed by atoms with Crippen molar-refractivity contribution in [2.45, 2.75) is 78.2 Å². The fraction of sp³-hybridized carbons (Fsp3) is 0.947. The number of carbonyl (C=O) groups is 1. The second-order valence-corrected chi connectivity index (χ2v) is 8.24. The lowest BCUT2D eigenvalue weighted by atomic mass is 9.70. The molecule has 0 heterocycles. The Morgan fingerprint density at radius 1 is 1.13 bits per heavy atom. The summed E-state index contributed by atoms with van der Waals surface area (Å²) in [5.74, 6) is 2.88. The molecule has 0 aromatic heterocycles. The fourth-order valence-corrected chi connectivity index (χ4v) is 4.58. The molecule has 3 N–H and O–H groups in total. The Kier molecular flexibility index (Phi) is 8.92. The maximum atomic E-state index is 12.7. The Morgan fingerprint density at radius 2 is 1.78 bits per heavy atom. The van der Waals surface area contributed by atoms with Crippen LogP contribution in [0.3, 0.4) is 0 Å². The van der Waals surface area contributed by atoms with Crippen LogP contribution in [0.2, 0.25) is 0 Å². The summed E-state index contributed by atoms with van der Waals surface area (Å²) in [6.07, 6.45) is 9.97. The number of hydrogen-bond donors (Lipinski definition) is 2. The van der Waals surface area contributed by atoms with Crippen molar-refractivity contribution in [3.05, 3.63) is 0 Å². The number of halogens is 1. The number of nitrogens with two attached hydrogens (primary N) is 1. The van der Waals surface area contributed by atoms with Crippen LogP contribution >= 0.6 is 12.4 Å². The molecule has 0 spiro atoms. The van der Waals surface area contributed by atoms with Gasteiger partial charge in [-0.3, -0.25) is 4.79 Å². The Labute approximate surface area is 149 Å². The lowest BCUT2D eigenvalue weighted by molar-refractivity contribution is -0.129. The zero-order valence-electron chi connectivity index (χ0n) is 15.2. The quantitative estimate of drug-likeness (QED) is 0.787. The number of nitrogens with one attached hydrogen (secondary N) is 1. The first kappa shape index (κ1) is 20.8. The third-order valence-corrected chi connectivity index (χ3v) is 6.13. The normalized spacial score (nSPS) is 30.6. The van der Waals surface area contributed by atoms with E-state index in [0.29, 0.717) is 30.2 Å². The second kappa shape index (κ2) is 9.88. The third-order valence-electron chi connectivity index (χ3n) is 6.13. The number of carbonyl (C=O) groups excluding carboxylic acids is 1. The topological polar surface area (TPSA) is 55.1 Å². The smallest absolute Gasteiger partial charge is 0.223 e. The first-order valence-electron chi connectivity index (χ1n) is 9.52. The summed E-state index contributed by atoms with van der Waals surface area (Å²) in [7, 11) is 0. The summed E-state index contributed by atoms with van der Waals surface area (Å²) in [6, 6.07) is 0.141. The highest BCUT2D eigenvalue weighted by Crippen LogP contribution is 2.38. The van der Waals surface area contributed by atoms with Gasteiger partial charge < -0.3 is 11.1 Å². The van der Waals surface area contributed by atoms with Crippen LogP contribution in [0.15, 0.2) is 0 Å². The van der Waals surface area contributed by atoms with Gasteiger partial charge in [-0.2, -0.15) is 0 Å². The Hall–Kier alpha value is -0.280. The molecule has 0 bridgehead atoms. The van der Waals surface area contributed by atoms with Crippen LogP contribution in [-0.4, -0.2) is 18.5 Å². The van der Waals surface area contributed by atoms with Gasteiger partial charge in [-0.25, -0.2) is 0 Å². The molecule has 2 fully saturated rings. The van der Waals surface area contributed by atoms with Crippen molar-refractivity contribution in [3.63, 3.8) is 0 Å². The van der Waals surface area contributed by atoms with Gasteiger partial charge in [0.25, 0.3) is 0 Å². The number of hydrogen-bond acceptors (Lipinski definition) is 2. The van der Waals surface area contributed by atoms with Crippen LogP contribution in [0.5, 0.6) is 0 Å². The molecule has 4 atom stereocenters. The Balaban J connectivity index is 0.00000264. The van der Waals surface area contributed by atoms with E-state index >= 15 is 0 Å². The van der Waals surface area contributed by atoms with E-state index < -0.39 is 0 Å². The molecule has 136 valence electrons. The molecular formula is C19H37ClN2O. The Morgan fingerprint density at radius 3 is 2.39 bits per heavy atom. The predicted octanol–water partition coefficient (Wildman–Crippen LogP) is 4.14. The van der Waals surface area contributed by atoms with Gasteiger partial charge in [-0.05, 0) is 49.4 Å². The monoisotopic (exact) mass is 344 g/mol. The largest absolute Gasteiger partial charge is 0.354 e. The lowest BCUT2D eigenvalue weighted by Crippen LogP contribution is -2.46. The van der Waals surface area contributed by atoms with Gasteiger partial charge in [0.15, 0.2) is 0 Å². The van der Waals surface area contributed by atoms with Crippen molar-refractivity contribution in [2.75, 3.05) is 6.54 Å². The molecule has 1 amide bonds. The highest BCUT2D eigenvalue weighted by Gasteiger charge is 2.35. The van der Waals surface area contributed by atoms with Gasteiger partial charge in [-0.1, -0.05) is 46.5 Å². The highest BCUT2D eigenvalue weighted by atomic mass is 35.5. The minimum atomic E-state index is 0. The summed E-state index contributed by atoms with van der Waals surface area (Å²) in [5, 5.41) is 3.19. The maximum absolute atomic E-state index is 12.7. The predicted molar refractivity (Wildman–Crippen MR) is 99.6 cm³/mol. The molecule has 2 aliphatic carbocycles. The molecule has 4 heteroatoms. The molecule has 2 saturated carbocycles. The molecule has 2 rings (SSSR count). The van der Waals surface area contributed by atoms with Gasteiger partial charge in [0.1, 0.15) is 0 Å². The second-order valence-electron chi connectivity index (χ2n) is 8.24. The summed E-state index contributed by atoms with van der Waals surface area (Å²) in [5.41, 5.74) is 6.33. The number of amides is 1. The van der Waals surface area contributed by atoms with Gasteiger partial charge in [0.05, 0.1) is 0 Å². The van der Waals surface area contributed by atoms with Gasteiger partial charge >= 0.3 is 0 Å². The SMILES string of the molecule is CC(C)[C@@H]1CC[C@@H](C)C[C@H]1C(=O)NC[C@@H](N)C1CCCCC1.Cl. The summed E-state index contributed by atoms with van der Waals surface area (Å²) >= 11 is 0. The van der Waals surface area contributed by atoms with E-state index in [0.717, 1.165) is 6.42 Å². The molecule has 0 saturated heterocycles. The zero-order valence-corrected chi connectivity index (χ0v) is 16.0. The molecule has 0 radical (unpaired) electrons. The zero-order chi connectivity index (χ0) is 16.1. The molecular weight excluding hydrogens is 308 g/mol. The van der Waals surface area contributed by atoms with Crippen LogP contribution in [0.25, 0.3) is 0 Å². The van der Waals surface area contributed by atoms with Crippen molar-refractivity contribution in [2.24, 2.45) is 35.3 Å². The minimum absolute atomic E-state index is 0. The third kappa shape index (κ3) is 5.94. The van der Waals surface area contributed by atoms with Crippen molar-refractivity contribution in [3.8, 4) is 0 Å². The van der Waals surface area contributed by atoms with Crippen LogP contribution in [0.4, 0.5) is 0 Å². The lowest BCUT2D eigenvalue weighted by Gasteiger charge is -2.37. The molecule has 2 aliphatic rings. The van der Waals surface area contributed by atoms with E-state index in [1.807, 2.05) is 0 Å². The van der Waals surface area contributed by atoms with Gasteiger partial charge in [0, 0.05) is 18.5 Å². The highest BCUT2D eigenvalue weighted by molar-refractivity contribution is 5.85. The molecule has 0 aromatic carbocycles. The van der Waals surface area contributed by atoms with E-state index in [4.69, 9.17) is 5.73 Å². The van der Waals surface area contributed by atoms with E-state index in [2.05, 4.69) is 26.1 Å². The molecule has 23 heavy (non-hydrogen) atoms. The first-order valence-corrected chi connectivity index (χ1v) is 9.52. The van der Waals surface area contributed by atoms with Gasteiger partial charge in [-0.15, -0.1) is 12.4 Å². The van der Waals surface area contributed by atoms with Crippen LogP contribution < -0.4 is 11.1 Å². The molecule has 0 unspecified atom stereocenters. The minimum Gasteiger partial charge on any atom is -0.354 e. The average Bonchev–Trinajstić information content (AvgIpc) is 2.52. The molecule has 0 aliphatic heterocycles. The first-order chi connectivity index (χ1) is 10.5. The van der Waals surface area contributed by atoms with Crippen LogP contribution in [-0.2, 0) is 4.79 Å². The van der Waals surface area contributed by atoms with E-state index in [1.165, 1.54) is 44.9 Å². The summed E-state index contributed by atoms with van der Waals surface area (Å²) in [4.78, 5) is 12.7. The number of rotatable bonds is 5. The van der Waals surface area contributed by atoms with Crippen molar-refractivity contribution < 1.29 is 4.79 Å². The van der Waals surface area contributed by atoms with Gasteiger partial charge in [0.2, 0.25) is 5.91 Å². The molecule has 3 nitrogen and oxygen atoms in total. The van der Waals surface area contributed by atoms with Crippen molar-refractivity contribution in [1.29, 1.82) is 0 Å². The van der Waals surface area contributed by atoms with Crippen molar-refractivity contribution >= 4 is 18.3 Å². The maximum Gasteiger partial charge on any atom is 0.223 e. The van der Waals surface area contributed by atoms with E-state index in [1.54, 1.807) is 0 Å². The fourth-order valence-electron chi connectivity index (χ4n) is 4.58. The standard InChI is InChI=1S/C19H36N2O.ClH/c1-13(2)16-10-9-14(3)11-17(16)19(22)21-12-18(20)15-7-5-4-6-8-15;/h13-18H,4-12,20H2,1-3H3,(H,21,22);1H/t14-,16+,17-,18-;/m1./s1. The van der Waals surface area contributed by atoms with Crippen LogP contribution in [0, 0.1) is 29.6 Å². The van der Waals surface area contributed by atoms with Crippen molar-refractivity contribution in [1.82, 2.24) is 5.32 Å². The summed E-state index contributed by atoms with van der Waals surface area (Å²) < 4.78 is 0. The summed E-state index contributed by atoms with van der Waals surface area (Å²) in [6.45, 7) is 7.47. The van der Waals surface area contributed by atoms with E-state index in [-0.39, 0.29) is 30.3 Å². The Bertz CT molecular complexity index is 355.